The molecule has 2 aromatic carbocycles. The lowest BCUT2D eigenvalue weighted by Crippen LogP contribution is -2.30. The van der Waals surface area contributed by atoms with Crippen molar-refractivity contribution in [3.05, 3.63) is 59.7 Å². The highest BCUT2D eigenvalue weighted by Crippen LogP contribution is 2.16. The van der Waals surface area contributed by atoms with Gasteiger partial charge in [0, 0.05) is 19.2 Å². The molecule has 0 aliphatic heterocycles. The van der Waals surface area contributed by atoms with Crippen LogP contribution in [0.4, 0.5) is 5.69 Å². The smallest absolute Gasteiger partial charge is 0.265 e. The second kappa shape index (κ2) is 9.61. The van der Waals surface area contributed by atoms with Crippen LogP contribution in [0.2, 0.25) is 0 Å². The minimum Gasteiger partial charge on any atom is -0.481 e. The predicted octanol–water partition coefficient (Wildman–Crippen LogP) is 3.33. The molecule has 1 unspecified atom stereocenters. The molecule has 0 heterocycles. The summed E-state index contributed by atoms with van der Waals surface area (Å²) in [6.07, 6.45) is 1.48. The number of benzene rings is 2. The van der Waals surface area contributed by atoms with Gasteiger partial charge in [-0.25, -0.2) is 0 Å². The number of anilines is 1. The standard InChI is InChI=1S/C21H26N2O3/c1-4-16-7-12-19(13-8-16)26-15(2)21(25)23-18-10-5-17(6-11-18)9-14-20(24)22-3/h5-8,10-13,15H,4,9,14H2,1-3H3,(H,22,24)(H,23,25). The first kappa shape index (κ1) is 19.5. The van der Waals surface area contributed by atoms with Crippen molar-refractivity contribution in [1.29, 1.82) is 0 Å². The summed E-state index contributed by atoms with van der Waals surface area (Å²) in [5.74, 6) is 0.484. The summed E-state index contributed by atoms with van der Waals surface area (Å²) in [6, 6.07) is 15.2. The van der Waals surface area contributed by atoms with Crippen LogP contribution in [-0.2, 0) is 22.4 Å². The van der Waals surface area contributed by atoms with E-state index in [4.69, 9.17) is 4.74 Å². The van der Waals surface area contributed by atoms with E-state index < -0.39 is 6.10 Å². The van der Waals surface area contributed by atoms with Gasteiger partial charge in [-0.15, -0.1) is 0 Å². The highest BCUT2D eigenvalue weighted by atomic mass is 16.5. The molecule has 0 aliphatic rings. The van der Waals surface area contributed by atoms with Gasteiger partial charge < -0.3 is 15.4 Å². The number of hydrogen-bond donors (Lipinski definition) is 2. The Bertz CT molecular complexity index is 724. The molecule has 138 valence electrons. The van der Waals surface area contributed by atoms with Gasteiger partial charge in [-0.05, 0) is 55.2 Å². The van der Waals surface area contributed by atoms with Crippen LogP contribution in [0.3, 0.4) is 0 Å². The van der Waals surface area contributed by atoms with Crippen molar-refractivity contribution in [2.75, 3.05) is 12.4 Å². The van der Waals surface area contributed by atoms with Gasteiger partial charge in [-0.2, -0.15) is 0 Å². The zero-order valence-corrected chi connectivity index (χ0v) is 15.5. The Morgan fingerprint density at radius 1 is 1.00 bits per heavy atom. The molecular weight excluding hydrogens is 328 g/mol. The third-order valence-corrected chi connectivity index (χ3v) is 4.15. The first-order chi connectivity index (χ1) is 12.5. The number of amides is 2. The molecule has 0 radical (unpaired) electrons. The van der Waals surface area contributed by atoms with E-state index in [1.165, 1.54) is 5.56 Å². The summed E-state index contributed by atoms with van der Waals surface area (Å²) in [5, 5.41) is 5.45. The van der Waals surface area contributed by atoms with Crippen molar-refractivity contribution in [1.82, 2.24) is 5.32 Å². The van der Waals surface area contributed by atoms with Crippen molar-refractivity contribution < 1.29 is 14.3 Å². The zero-order valence-electron chi connectivity index (χ0n) is 15.5. The molecule has 0 aliphatic carbocycles. The molecule has 26 heavy (non-hydrogen) atoms. The van der Waals surface area contributed by atoms with Gasteiger partial charge in [0.25, 0.3) is 5.91 Å². The molecule has 0 aromatic heterocycles. The molecule has 2 rings (SSSR count). The first-order valence-electron chi connectivity index (χ1n) is 8.87. The number of rotatable bonds is 8. The van der Waals surface area contributed by atoms with Crippen LogP contribution in [0.5, 0.6) is 5.75 Å². The molecule has 0 bridgehead atoms. The lowest BCUT2D eigenvalue weighted by Gasteiger charge is -2.15. The number of carbonyl (C=O) groups excluding carboxylic acids is 2. The van der Waals surface area contributed by atoms with Crippen molar-refractivity contribution in [2.45, 2.75) is 39.2 Å². The summed E-state index contributed by atoms with van der Waals surface area (Å²) in [4.78, 5) is 23.6. The van der Waals surface area contributed by atoms with Gasteiger partial charge in [0.2, 0.25) is 5.91 Å². The topological polar surface area (TPSA) is 67.4 Å². The monoisotopic (exact) mass is 354 g/mol. The third-order valence-electron chi connectivity index (χ3n) is 4.15. The molecule has 0 spiro atoms. The molecule has 1 atom stereocenters. The third kappa shape index (κ3) is 5.92. The minimum atomic E-state index is -0.601. The summed E-state index contributed by atoms with van der Waals surface area (Å²) >= 11 is 0. The summed E-state index contributed by atoms with van der Waals surface area (Å²) in [5.41, 5.74) is 2.98. The van der Waals surface area contributed by atoms with Gasteiger partial charge in [-0.3, -0.25) is 9.59 Å². The Labute approximate surface area is 154 Å². The normalized spacial score (nSPS) is 11.5. The van der Waals surface area contributed by atoms with Gasteiger partial charge in [0.1, 0.15) is 5.75 Å². The Kier molecular flexibility index (Phi) is 7.21. The highest BCUT2D eigenvalue weighted by Gasteiger charge is 2.15. The summed E-state index contributed by atoms with van der Waals surface area (Å²) in [6.45, 7) is 3.82. The molecule has 2 N–H and O–H groups in total. The van der Waals surface area contributed by atoms with Crippen LogP contribution in [0.1, 0.15) is 31.4 Å². The van der Waals surface area contributed by atoms with Crippen molar-refractivity contribution in [3.8, 4) is 5.75 Å². The Balaban J connectivity index is 1.86. The van der Waals surface area contributed by atoms with E-state index in [1.54, 1.807) is 14.0 Å². The molecule has 0 saturated heterocycles. The lowest BCUT2D eigenvalue weighted by atomic mass is 10.1. The van der Waals surface area contributed by atoms with E-state index in [2.05, 4.69) is 17.6 Å². The van der Waals surface area contributed by atoms with Crippen molar-refractivity contribution in [3.63, 3.8) is 0 Å². The molecule has 2 aromatic rings. The Morgan fingerprint density at radius 3 is 2.19 bits per heavy atom. The molecule has 5 heteroatoms. The minimum absolute atomic E-state index is 0.0142. The maximum atomic E-state index is 12.3. The molecule has 0 saturated carbocycles. The van der Waals surface area contributed by atoms with Gasteiger partial charge in [0.15, 0.2) is 6.10 Å². The van der Waals surface area contributed by atoms with Gasteiger partial charge in [0.05, 0.1) is 0 Å². The summed E-state index contributed by atoms with van der Waals surface area (Å²) in [7, 11) is 1.63. The fourth-order valence-electron chi connectivity index (χ4n) is 2.44. The van der Waals surface area contributed by atoms with Crippen LogP contribution in [0.25, 0.3) is 0 Å². The SMILES string of the molecule is CCc1ccc(OC(C)C(=O)Nc2ccc(CCC(=O)NC)cc2)cc1. The largest absolute Gasteiger partial charge is 0.481 e. The second-order valence-corrected chi connectivity index (χ2v) is 6.12. The van der Waals surface area contributed by atoms with E-state index >= 15 is 0 Å². The number of hydrogen-bond acceptors (Lipinski definition) is 3. The molecular formula is C21H26N2O3. The Morgan fingerprint density at radius 2 is 1.62 bits per heavy atom. The van der Waals surface area contributed by atoms with Crippen molar-refractivity contribution >= 4 is 17.5 Å². The number of carbonyl (C=O) groups is 2. The predicted molar refractivity (Wildman–Crippen MR) is 103 cm³/mol. The van der Waals surface area contributed by atoms with E-state index in [1.807, 2.05) is 48.5 Å². The lowest BCUT2D eigenvalue weighted by molar-refractivity contribution is -0.122. The first-order valence-corrected chi connectivity index (χ1v) is 8.87. The molecule has 0 fully saturated rings. The van der Waals surface area contributed by atoms with Gasteiger partial charge >= 0.3 is 0 Å². The van der Waals surface area contributed by atoms with Gasteiger partial charge in [-0.1, -0.05) is 31.2 Å². The van der Waals surface area contributed by atoms with E-state index in [0.29, 0.717) is 24.3 Å². The van der Waals surface area contributed by atoms with E-state index in [9.17, 15) is 9.59 Å². The summed E-state index contributed by atoms with van der Waals surface area (Å²) < 4.78 is 5.69. The maximum absolute atomic E-state index is 12.3. The maximum Gasteiger partial charge on any atom is 0.265 e. The molecule has 2 amide bonds. The van der Waals surface area contributed by atoms with Crippen LogP contribution in [0.15, 0.2) is 48.5 Å². The Hall–Kier alpha value is -2.82. The van der Waals surface area contributed by atoms with Crippen molar-refractivity contribution in [2.24, 2.45) is 0 Å². The van der Waals surface area contributed by atoms with E-state index in [-0.39, 0.29) is 11.8 Å². The van der Waals surface area contributed by atoms with E-state index in [0.717, 1.165) is 12.0 Å². The zero-order chi connectivity index (χ0) is 18.9. The average molecular weight is 354 g/mol. The number of aryl methyl sites for hydroxylation is 2. The average Bonchev–Trinajstić information content (AvgIpc) is 2.67. The van der Waals surface area contributed by atoms with Crippen LogP contribution >= 0.6 is 0 Å². The number of nitrogens with one attached hydrogen (secondary N) is 2. The second-order valence-electron chi connectivity index (χ2n) is 6.12. The van der Waals surface area contributed by atoms with Crippen LogP contribution in [0, 0.1) is 0 Å². The van der Waals surface area contributed by atoms with Crippen LogP contribution in [-0.4, -0.2) is 25.0 Å². The van der Waals surface area contributed by atoms with Crippen LogP contribution < -0.4 is 15.4 Å². The molecule has 5 nitrogen and oxygen atoms in total. The highest BCUT2D eigenvalue weighted by molar-refractivity contribution is 5.94. The fraction of sp³-hybridized carbons (Fsp3) is 0.333. The fourth-order valence-corrected chi connectivity index (χ4v) is 2.44. The number of ether oxygens (including phenoxy) is 1. The quantitative estimate of drug-likeness (QED) is 0.764.